The van der Waals surface area contributed by atoms with E-state index in [-0.39, 0.29) is 25.2 Å². The molecule has 0 saturated carbocycles. The van der Waals surface area contributed by atoms with Crippen LogP contribution in [0.2, 0.25) is 0 Å². The van der Waals surface area contributed by atoms with Crippen molar-refractivity contribution in [3.8, 4) is 12.1 Å². The van der Waals surface area contributed by atoms with Crippen molar-refractivity contribution in [2.75, 3.05) is 13.1 Å². The van der Waals surface area contributed by atoms with Crippen LogP contribution in [0.3, 0.4) is 0 Å². The molecule has 2 N–H and O–H groups in total. The van der Waals surface area contributed by atoms with E-state index in [9.17, 15) is 0 Å². The van der Waals surface area contributed by atoms with E-state index in [0.29, 0.717) is 0 Å². The topological polar surface area (TPSA) is 76.8 Å². The third kappa shape index (κ3) is 3.30. The molecule has 4 heteroatoms. The van der Waals surface area contributed by atoms with Crippen LogP contribution in [0.5, 0.6) is 0 Å². The van der Waals surface area contributed by atoms with E-state index >= 15 is 0 Å². The monoisotopic (exact) mass is 242 g/mol. The molecule has 0 amide bonds. The molecule has 0 heterocycles. The Kier molecular flexibility index (Phi) is 5.32. The number of nitrogens with zero attached hydrogens (tertiary/aromatic N) is 3. The van der Waals surface area contributed by atoms with Gasteiger partial charge in [-0.25, -0.2) is 0 Å². The number of hydrogen-bond acceptors (Lipinski definition) is 4. The van der Waals surface area contributed by atoms with Crippen LogP contribution in [0, 0.1) is 29.6 Å². The number of hydrogen-bond donors (Lipinski definition) is 1. The highest BCUT2D eigenvalue weighted by Gasteiger charge is 2.24. The fraction of sp³-hybridized carbons (Fsp3) is 0.429. The van der Waals surface area contributed by atoms with Crippen molar-refractivity contribution in [2.45, 2.75) is 25.9 Å². The van der Waals surface area contributed by atoms with Crippen molar-refractivity contribution >= 4 is 0 Å². The Bertz CT molecular complexity index is 451. The molecule has 2 unspecified atom stereocenters. The average molecular weight is 242 g/mol. The maximum absolute atomic E-state index is 8.87. The van der Waals surface area contributed by atoms with Crippen molar-refractivity contribution in [3.63, 3.8) is 0 Å². The average Bonchev–Trinajstić information content (AvgIpc) is 2.32. The fourth-order valence-electron chi connectivity index (χ4n) is 2.17. The minimum absolute atomic E-state index is 0.106. The summed E-state index contributed by atoms with van der Waals surface area (Å²) in [6.07, 6.45) is 0. The lowest BCUT2D eigenvalue weighted by atomic mass is 9.95. The molecule has 0 radical (unpaired) electrons. The van der Waals surface area contributed by atoms with Crippen LogP contribution < -0.4 is 5.73 Å². The van der Waals surface area contributed by atoms with Gasteiger partial charge in [0.25, 0.3) is 0 Å². The molecule has 0 saturated heterocycles. The van der Waals surface area contributed by atoms with Crippen molar-refractivity contribution < 1.29 is 0 Å². The molecule has 0 fully saturated rings. The van der Waals surface area contributed by atoms with Gasteiger partial charge in [-0.15, -0.1) is 0 Å². The molecule has 0 bridgehead atoms. The van der Waals surface area contributed by atoms with Gasteiger partial charge >= 0.3 is 0 Å². The largest absolute Gasteiger partial charge is 0.326 e. The molecular formula is C14H18N4. The Morgan fingerprint density at radius 3 is 2.22 bits per heavy atom. The van der Waals surface area contributed by atoms with Crippen LogP contribution in [0.15, 0.2) is 24.3 Å². The first-order valence-electron chi connectivity index (χ1n) is 5.91. The lowest BCUT2D eigenvalue weighted by Crippen LogP contribution is -2.40. The first kappa shape index (κ1) is 14.2. The summed E-state index contributed by atoms with van der Waals surface area (Å²) < 4.78 is 0. The number of nitrogens with two attached hydrogens (primary N) is 1. The maximum atomic E-state index is 8.87. The second-order valence-electron chi connectivity index (χ2n) is 4.38. The number of aryl methyl sites for hydroxylation is 1. The van der Waals surface area contributed by atoms with Gasteiger partial charge in [0.2, 0.25) is 0 Å². The first-order chi connectivity index (χ1) is 8.61. The summed E-state index contributed by atoms with van der Waals surface area (Å²) in [6, 6.07) is 11.9. The minimum Gasteiger partial charge on any atom is -0.326 e. The molecule has 0 aliphatic carbocycles. The Morgan fingerprint density at radius 2 is 1.78 bits per heavy atom. The molecular weight excluding hydrogens is 224 g/mol. The van der Waals surface area contributed by atoms with E-state index in [1.165, 1.54) is 0 Å². The summed E-state index contributed by atoms with van der Waals surface area (Å²) in [7, 11) is 0. The Labute approximate surface area is 108 Å². The molecule has 1 aromatic carbocycles. The highest BCUT2D eigenvalue weighted by Crippen LogP contribution is 2.25. The predicted molar refractivity (Wildman–Crippen MR) is 70.4 cm³/mol. The van der Waals surface area contributed by atoms with Gasteiger partial charge in [0, 0.05) is 6.04 Å². The number of nitriles is 2. The molecule has 4 nitrogen and oxygen atoms in total. The van der Waals surface area contributed by atoms with E-state index in [1.807, 2.05) is 43.0 Å². The van der Waals surface area contributed by atoms with Crippen molar-refractivity contribution in [1.82, 2.24) is 4.90 Å². The summed E-state index contributed by atoms with van der Waals surface area (Å²) in [6.45, 7) is 4.32. The minimum atomic E-state index is -0.146. The zero-order valence-corrected chi connectivity index (χ0v) is 10.8. The summed E-state index contributed by atoms with van der Waals surface area (Å²) >= 11 is 0. The number of rotatable bonds is 5. The highest BCUT2D eigenvalue weighted by molar-refractivity contribution is 5.30. The van der Waals surface area contributed by atoms with Gasteiger partial charge in [-0.2, -0.15) is 10.5 Å². The third-order valence-electron chi connectivity index (χ3n) is 2.95. The van der Waals surface area contributed by atoms with Crippen LogP contribution in [-0.4, -0.2) is 24.0 Å². The van der Waals surface area contributed by atoms with Crippen LogP contribution in [0.1, 0.15) is 24.1 Å². The summed E-state index contributed by atoms with van der Waals surface area (Å²) in [4.78, 5) is 1.81. The molecule has 18 heavy (non-hydrogen) atoms. The Hall–Kier alpha value is -1.88. The van der Waals surface area contributed by atoms with E-state index in [0.717, 1.165) is 11.1 Å². The van der Waals surface area contributed by atoms with Crippen LogP contribution in [-0.2, 0) is 0 Å². The van der Waals surface area contributed by atoms with Crippen molar-refractivity contribution in [1.29, 1.82) is 10.5 Å². The molecule has 0 spiro atoms. The van der Waals surface area contributed by atoms with E-state index in [1.54, 1.807) is 0 Å². The van der Waals surface area contributed by atoms with E-state index < -0.39 is 0 Å². The Balaban J connectivity index is 3.13. The van der Waals surface area contributed by atoms with E-state index in [2.05, 4.69) is 12.1 Å². The maximum Gasteiger partial charge on any atom is 0.0879 e. The Morgan fingerprint density at radius 1 is 1.22 bits per heavy atom. The van der Waals surface area contributed by atoms with Gasteiger partial charge in [-0.05, 0) is 25.0 Å². The molecule has 0 aromatic heterocycles. The van der Waals surface area contributed by atoms with Gasteiger partial charge in [0.15, 0.2) is 0 Å². The van der Waals surface area contributed by atoms with Crippen LogP contribution in [0.25, 0.3) is 0 Å². The molecule has 0 aliphatic heterocycles. The predicted octanol–water partition coefficient (Wildman–Crippen LogP) is 1.73. The van der Waals surface area contributed by atoms with Gasteiger partial charge in [0.05, 0.1) is 31.3 Å². The van der Waals surface area contributed by atoms with Gasteiger partial charge < -0.3 is 5.73 Å². The quantitative estimate of drug-likeness (QED) is 0.798. The van der Waals surface area contributed by atoms with Gasteiger partial charge in [-0.3, -0.25) is 4.90 Å². The smallest absolute Gasteiger partial charge is 0.0879 e. The third-order valence-corrected chi connectivity index (χ3v) is 2.95. The molecule has 2 atom stereocenters. The normalized spacial score (nSPS) is 13.7. The van der Waals surface area contributed by atoms with Crippen molar-refractivity contribution in [3.05, 3.63) is 35.4 Å². The fourth-order valence-corrected chi connectivity index (χ4v) is 2.17. The van der Waals surface area contributed by atoms with Gasteiger partial charge in [0.1, 0.15) is 0 Å². The zero-order chi connectivity index (χ0) is 13.5. The second-order valence-corrected chi connectivity index (χ2v) is 4.38. The van der Waals surface area contributed by atoms with Crippen LogP contribution in [0.4, 0.5) is 0 Å². The summed E-state index contributed by atoms with van der Waals surface area (Å²) in [5.41, 5.74) is 8.25. The number of benzene rings is 1. The molecule has 94 valence electrons. The van der Waals surface area contributed by atoms with Gasteiger partial charge in [-0.1, -0.05) is 24.3 Å². The van der Waals surface area contributed by atoms with Crippen molar-refractivity contribution in [2.24, 2.45) is 5.73 Å². The first-order valence-corrected chi connectivity index (χ1v) is 5.91. The molecule has 1 rings (SSSR count). The summed E-state index contributed by atoms with van der Waals surface area (Å²) in [5.74, 6) is 0. The standard InChI is InChI=1S/C14H18N4/c1-11-5-3-4-6-13(11)14(12(2)17)18(9-7-15)10-8-16/h3-6,12,14H,9-10,17H2,1-2H3. The molecule has 0 aliphatic rings. The van der Waals surface area contributed by atoms with Crippen LogP contribution >= 0.6 is 0 Å². The zero-order valence-electron chi connectivity index (χ0n) is 10.8. The SMILES string of the molecule is Cc1ccccc1C(C(C)N)N(CC#N)CC#N. The second kappa shape index (κ2) is 6.76. The highest BCUT2D eigenvalue weighted by atomic mass is 15.2. The van der Waals surface area contributed by atoms with E-state index in [4.69, 9.17) is 16.3 Å². The lowest BCUT2D eigenvalue weighted by Gasteiger charge is -2.32. The summed E-state index contributed by atoms with van der Waals surface area (Å²) in [5, 5.41) is 17.7. The molecule has 1 aromatic rings. The lowest BCUT2D eigenvalue weighted by molar-refractivity contribution is 0.221.